The molecule has 0 heterocycles. The van der Waals surface area contributed by atoms with E-state index in [1.54, 1.807) is 0 Å². The van der Waals surface area contributed by atoms with E-state index in [0.717, 1.165) is 0 Å². The van der Waals surface area contributed by atoms with Crippen LogP contribution in [-0.2, 0) is 4.79 Å². The molecule has 0 atom stereocenters. The number of halogens is 7. The van der Waals surface area contributed by atoms with Gasteiger partial charge >= 0.3 is 0 Å². The molecule has 0 aliphatic heterocycles. The molecule has 128 valence electrons. The molecule has 0 bridgehead atoms. The number of hydrogen-bond acceptors (Lipinski definition) is 2. The number of nitrogens with one attached hydrogen (secondary N) is 1. The van der Waals surface area contributed by atoms with Crippen molar-refractivity contribution < 1.29 is 26.7 Å². The van der Waals surface area contributed by atoms with Gasteiger partial charge in [0.15, 0.2) is 23.3 Å². The fraction of sp³-hybridized carbons (Fsp3) is 0.0714. The van der Waals surface area contributed by atoms with Gasteiger partial charge in [-0.15, -0.1) is 11.8 Å². The normalized spacial score (nSPS) is 10.8. The van der Waals surface area contributed by atoms with Gasteiger partial charge in [-0.3, -0.25) is 4.79 Å². The van der Waals surface area contributed by atoms with Crippen molar-refractivity contribution in [2.45, 2.75) is 4.90 Å². The first kappa shape index (κ1) is 18.8. The maximum absolute atomic E-state index is 13.5. The molecule has 2 rings (SSSR count). The summed E-state index contributed by atoms with van der Waals surface area (Å²) in [7, 11) is 0. The Morgan fingerprint density at radius 3 is 2.04 bits per heavy atom. The number of rotatable bonds is 4. The van der Waals surface area contributed by atoms with Crippen LogP contribution in [-0.4, -0.2) is 11.7 Å². The molecule has 0 aromatic heterocycles. The van der Waals surface area contributed by atoms with Crippen LogP contribution >= 0.6 is 35.0 Å². The second-order valence-electron chi connectivity index (χ2n) is 4.36. The second-order valence-corrected chi connectivity index (χ2v) is 6.19. The predicted molar refractivity (Wildman–Crippen MR) is 82.0 cm³/mol. The van der Waals surface area contributed by atoms with Gasteiger partial charge in [0.2, 0.25) is 11.7 Å². The van der Waals surface area contributed by atoms with E-state index in [9.17, 15) is 26.7 Å². The number of thioether (sulfide) groups is 1. The highest BCUT2D eigenvalue weighted by Gasteiger charge is 2.26. The van der Waals surface area contributed by atoms with E-state index in [2.05, 4.69) is 5.32 Å². The lowest BCUT2D eigenvalue weighted by molar-refractivity contribution is -0.113. The Morgan fingerprint density at radius 1 is 0.958 bits per heavy atom. The summed E-state index contributed by atoms with van der Waals surface area (Å²) in [4.78, 5) is 10.6. The molecule has 0 spiro atoms. The van der Waals surface area contributed by atoms with Gasteiger partial charge in [0.05, 0.1) is 21.4 Å². The van der Waals surface area contributed by atoms with Crippen molar-refractivity contribution in [3.63, 3.8) is 0 Å². The minimum Gasteiger partial charge on any atom is -0.324 e. The van der Waals surface area contributed by atoms with Crippen LogP contribution in [0.5, 0.6) is 0 Å². The molecule has 0 aliphatic rings. The number of anilines is 1. The average Bonchev–Trinajstić information content (AvgIpc) is 2.53. The minimum absolute atomic E-state index is 0.122. The van der Waals surface area contributed by atoms with E-state index in [4.69, 9.17) is 23.2 Å². The van der Waals surface area contributed by atoms with Crippen molar-refractivity contribution in [3.8, 4) is 0 Å². The van der Waals surface area contributed by atoms with Crippen molar-refractivity contribution in [2.24, 2.45) is 0 Å². The van der Waals surface area contributed by atoms with Crippen LogP contribution in [0.3, 0.4) is 0 Å². The molecule has 0 fully saturated rings. The molecular weight excluding hydrogens is 396 g/mol. The summed E-state index contributed by atoms with van der Waals surface area (Å²) in [6, 6.07) is 4.20. The topological polar surface area (TPSA) is 29.1 Å². The average molecular weight is 402 g/mol. The molecule has 1 amide bonds. The van der Waals surface area contributed by atoms with Crippen molar-refractivity contribution in [1.82, 2.24) is 0 Å². The number of carbonyl (C=O) groups excluding carboxylic acids is 1. The Bertz CT molecular complexity index is 789. The van der Waals surface area contributed by atoms with Gasteiger partial charge in [-0.2, -0.15) is 0 Å². The molecular formula is C14H6Cl2F5NOS. The second kappa shape index (κ2) is 7.58. The summed E-state index contributed by atoms with van der Waals surface area (Å²) >= 11 is 11.7. The Labute approximate surface area is 146 Å². The third-order valence-corrected chi connectivity index (χ3v) is 4.32. The van der Waals surface area contributed by atoms with E-state index in [1.807, 2.05) is 0 Å². The van der Waals surface area contributed by atoms with Crippen LogP contribution in [0.25, 0.3) is 0 Å². The van der Waals surface area contributed by atoms with Crippen molar-refractivity contribution >= 4 is 46.6 Å². The zero-order valence-corrected chi connectivity index (χ0v) is 13.7. The summed E-state index contributed by atoms with van der Waals surface area (Å²) in [5, 5.41) is 2.78. The van der Waals surface area contributed by atoms with Crippen molar-refractivity contribution in [1.29, 1.82) is 0 Å². The van der Waals surface area contributed by atoms with Gasteiger partial charge < -0.3 is 5.32 Å². The van der Waals surface area contributed by atoms with Gasteiger partial charge in [0.25, 0.3) is 0 Å². The summed E-state index contributed by atoms with van der Waals surface area (Å²) < 4.78 is 66.0. The van der Waals surface area contributed by atoms with E-state index in [1.165, 1.54) is 18.2 Å². The van der Waals surface area contributed by atoms with Crippen LogP contribution in [0, 0.1) is 29.1 Å². The van der Waals surface area contributed by atoms with Gasteiger partial charge in [0.1, 0.15) is 0 Å². The van der Waals surface area contributed by atoms with Crippen molar-refractivity contribution in [3.05, 3.63) is 57.3 Å². The standard InChI is InChI=1S/C14H6Cl2F5NOS/c15-5-1-2-7(6(16)3-5)22-8(23)4-24-14-12(20)10(18)9(17)11(19)13(14)21/h1-3H,4H2,(H,22,23). The molecule has 0 saturated heterocycles. The lowest BCUT2D eigenvalue weighted by Crippen LogP contribution is -2.15. The summed E-state index contributed by atoms with van der Waals surface area (Å²) in [5.41, 5.74) is 0.184. The first-order chi connectivity index (χ1) is 11.2. The Morgan fingerprint density at radius 2 is 1.50 bits per heavy atom. The third kappa shape index (κ3) is 3.93. The zero-order valence-electron chi connectivity index (χ0n) is 11.4. The molecule has 2 nitrogen and oxygen atoms in total. The van der Waals surface area contributed by atoms with Crippen molar-refractivity contribution in [2.75, 3.05) is 11.1 Å². The molecule has 24 heavy (non-hydrogen) atoms. The van der Waals surface area contributed by atoms with E-state index < -0.39 is 45.6 Å². The van der Waals surface area contributed by atoms with Gasteiger partial charge in [-0.25, -0.2) is 22.0 Å². The van der Waals surface area contributed by atoms with Crippen LogP contribution in [0.1, 0.15) is 0 Å². The summed E-state index contributed by atoms with van der Waals surface area (Å²) in [6.45, 7) is 0. The largest absolute Gasteiger partial charge is 0.324 e. The molecule has 2 aromatic carbocycles. The smallest absolute Gasteiger partial charge is 0.234 e. The molecule has 2 aromatic rings. The lowest BCUT2D eigenvalue weighted by Gasteiger charge is -2.09. The molecule has 10 heteroatoms. The summed E-state index contributed by atoms with van der Waals surface area (Å²) in [6.07, 6.45) is 0. The van der Waals surface area contributed by atoms with E-state index in [0.29, 0.717) is 5.02 Å². The molecule has 0 radical (unpaired) electrons. The quantitative estimate of drug-likeness (QED) is 0.320. The monoisotopic (exact) mass is 401 g/mol. The fourth-order valence-corrected chi connectivity index (χ4v) is 2.86. The van der Waals surface area contributed by atoms with E-state index in [-0.39, 0.29) is 22.5 Å². The van der Waals surface area contributed by atoms with Crippen LogP contribution in [0.2, 0.25) is 10.0 Å². The zero-order chi connectivity index (χ0) is 18.0. The highest BCUT2D eigenvalue weighted by Crippen LogP contribution is 2.31. The van der Waals surface area contributed by atoms with Crippen LogP contribution in [0.15, 0.2) is 23.1 Å². The number of hydrogen-bond donors (Lipinski definition) is 1. The third-order valence-electron chi connectivity index (χ3n) is 2.72. The maximum Gasteiger partial charge on any atom is 0.234 e. The highest BCUT2D eigenvalue weighted by atomic mass is 35.5. The Hall–Kier alpha value is -1.51. The predicted octanol–water partition coefficient (Wildman–Crippen LogP) is 5.42. The Balaban J connectivity index is 2.12. The first-order valence-corrected chi connectivity index (χ1v) is 7.85. The molecule has 0 saturated carbocycles. The Kier molecular flexibility index (Phi) is 5.95. The SMILES string of the molecule is O=C(CSc1c(F)c(F)c(F)c(F)c1F)Nc1ccc(Cl)cc1Cl. The van der Waals surface area contributed by atoms with Crippen LogP contribution in [0.4, 0.5) is 27.6 Å². The molecule has 0 unspecified atom stereocenters. The van der Waals surface area contributed by atoms with Gasteiger partial charge in [-0.1, -0.05) is 23.2 Å². The lowest BCUT2D eigenvalue weighted by atomic mass is 10.3. The minimum atomic E-state index is -2.26. The van der Waals surface area contributed by atoms with Crippen LogP contribution < -0.4 is 5.32 Å². The number of amides is 1. The van der Waals surface area contributed by atoms with Gasteiger partial charge in [0, 0.05) is 5.02 Å². The molecule has 0 aliphatic carbocycles. The molecule has 1 N–H and O–H groups in total. The number of benzene rings is 2. The van der Waals surface area contributed by atoms with Gasteiger partial charge in [-0.05, 0) is 18.2 Å². The summed E-state index contributed by atoms with van der Waals surface area (Å²) in [5.74, 6) is -11.7. The van der Waals surface area contributed by atoms with E-state index >= 15 is 0 Å². The first-order valence-electron chi connectivity index (χ1n) is 6.11. The number of carbonyl (C=O) groups is 1. The maximum atomic E-state index is 13.5. The highest BCUT2D eigenvalue weighted by molar-refractivity contribution is 8.00. The fourth-order valence-electron chi connectivity index (χ4n) is 1.63.